The highest BCUT2D eigenvalue weighted by atomic mass is 28.3. The standard InChI is InChI=1S/C64H42Si/c1-4-13-38(14-5-1)65(39-15-6-2-7-16-39,40-17-8-3-9-18-40)41-23-24-44-57(35-41)46-22-12-21-45-55-36-58-54-32-30-52-50-28-26-48-43-20-11-10-19-42(43)47-25-27-49(62(50)61(47)48)51-29-31-53(64(54)63(51)52)56(58)33-37(55)34-59(44)60(45)46/h1-8,10-17,19-36,61-64H,9,18H2. The van der Waals surface area contributed by atoms with Crippen molar-refractivity contribution in [2.45, 2.75) is 12.8 Å². The number of allylic oxidation sites excluding steroid dienone is 20. The van der Waals surface area contributed by atoms with Crippen LogP contribution in [0.2, 0.25) is 0 Å². The Hall–Kier alpha value is -7.32. The van der Waals surface area contributed by atoms with Gasteiger partial charge in [-0.05, 0) is 157 Å². The van der Waals surface area contributed by atoms with Gasteiger partial charge in [0.05, 0.1) is 0 Å². The summed E-state index contributed by atoms with van der Waals surface area (Å²) in [5.74, 6) is 1.47. The van der Waals surface area contributed by atoms with Gasteiger partial charge in [-0.1, -0.05) is 193 Å². The summed E-state index contributed by atoms with van der Waals surface area (Å²) >= 11 is 0. The molecule has 1 saturated carbocycles. The van der Waals surface area contributed by atoms with Gasteiger partial charge in [-0.25, -0.2) is 0 Å². The molecule has 0 spiro atoms. The van der Waals surface area contributed by atoms with Crippen molar-refractivity contribution in [1.29, 1.82) is 0 Å². The van der Waals surface area contributed by atoms with E-state index >= 15 is 0 Å². The van der Waals surface area contributed by atoms with Gasteiger partial charge >= 0.3 is 0 Å². The summed E-state index contributed by atoms with van der Waals surface area (Å²) in [5, 5.41) is 11.4. The quantitative estimate of drug-likeness (QED) is 0.0941. The molecule has 0 N–H and O–H groups in total. The van der Waals surface area contributed by atoms with Gasteiger partial charge in [0, 0.05) is 23.7 Å². The molecule has 16 rings (SSSR count). The van der Waals surface area contributed by atoms with Crippen LogP contribution in [-0.2, 0) is 0 Å². The second kappa shape index (κ2) is 12.5. The van der Waals surface area contributed by atoms with Crippen LogP contribution < -0.4 is 15.6 Å². The monoisotopic (exact) mass is 838 g/mol. The fourth-order valence-electron chi connectivity index (χ4n) is 14.5. The fourth-order valence-corrected chi connectivity index (χ4v) is 19.6. The molecular formula is C64H42Si. The first-order chi connectivity index (χ1) is 32.3. The first kappa shape index (κ1) is 35.1. The van der Waals surface area contributed by atoms with Crippen molar-refractivity contribution in [2.24, 2.45) is 23.7 Å². The lowest BCUT2D eigenvalue weighted by molar-refractivity contribution is 0.525. The second-order valence-corrected chi connectivity index (χ2v) is 23.5. The second-order valence-electron chi connectivity index (χ2n) is 19.6. The molecule has 0 radical (unpaired) electrons. The molecule has 0 aliphatic heterocycles. The number of benzene rings is 7. The lowest BCUT2D eigenvalue weighted by Crippen LogP contribution is -2.68. The maximum absolute atomic E-state index is 2.61. The number of rotatable bonds is 4. The smallest absolute Gasteiger partial charge is 0.0842 e. The zero-order valence-corrected chi connectivity index (χ0v) is 36.9. The van der Waals surface area contributed by atoms with E-state index in [0.29, 0.717) is 23.7 Å². The Bertz CT molecular complexity index is 3710. The SMILES string of the molecule is C1=CCCC([Si](c2ccccc2)(c2ccccc2)c2ccc3c(c2)-c2cccc4c2c-3cc2cc3c(cc24)C2=CC=C4C5=CC=C6c7ccccc7C7=CC=C(C8=CC=C3C2C84)C5C76)=C1. The first-order valence-corrected chi connectivity index (χ1v) is 25.7. The van der Waals surface area contributed by atoms with E-state index in [9.17, 15) is 0 Å². The van der Waals surface area contributed by atoms with Crippen LogP contribution in [0, 0.1) is 23.7 Å². The minimum Gasteiger partial charge on any atom is -0.0842 e. The lowest BCUT2D eigenvalue weighted by Gasteiger charge is -2.48. The zero-order chi connectivity index (χ0) is 42.1. The maximum atomic E-state index is 2.61. The van der Waals surface area contributed by atoms with Crippen molar-refractivity contribution < 1.29 is 0 Å². The minimum atomic E-state index is -2.61. The molecule has 0 heterocycles. The van der Waals surface area contributed by atoms with E-state index in [4.69, 9.17) is 0 Å². The summed E-state index contributed by atoms with van der Waals surface area (Å²) in [6.07, 6.45) is 29.2. The van der Waals surface area contributed by atoms with E-state index in [1.807, 2.05) is 0 Å². The van der Waals surface area contributed by atoms with Gasteiger partial charge in [-0.3, -0.25) is 0 Å². The molecule has 65 heavy (non-hydrogen) atoms. The van der Waals surface area contributed by atoms with Gasteiger partial charge in [-0.2, -0.15) is 0 Å². The highest BCUT2D eigenvalue weighted by Gasteiger charge is 2.53. The Morgan fingerprint density at radius 3 is 1.46 bits per heavy atom. The van der Waals surface area contributed by atoms with Crippen LogP contribution in [0.15, 0.2) is 234 Å². The topological polar surface area (TPSA) is 0 Å². The van der Waals surface area contributed by atoms with Crippen LogP contribution in [-0.4, -0.2) is 8.07 Å². The predicted molar refractivity (Wildman–Crippen MR) is 275 cm³/mol. The summed E-state index contributed by atoms with van der Waals surface area (Å²) in [5.41, 5.74) is 23.3. The third kappa shape index (κ3) is 4.29. The molecule has 0 saturated heterocycles. The van der Waals surface area contributed by atoms with Gasteiger partial charge in [0.25, 0.3) is 0 Å². The van der Waals surface area contributed by atoms with Crippen LogP contribution in [0.4, 0.5) is 0 Å². The van der Waals surface area contributed by atoms with Crippen LogP contribution in [0.3, 0.4) is 0 Å². The summed E-state index contributed by atoms with van der Waals surface area (Å²) in [7, 11) is -2.61. The molecule has 4 atom stereocenters. The third-order valence-corrected chi connectivity index (χ3v) is 22.0. The Morgan fingerprint density at radius 1 is 0.338 bits per heavy atom. The van der Waals surface area contributed by atoms with Gasteiger partial charge in [0.1, 0.15) is 0 Å². The van der Waals surface area contributed by atoms with Crippen molar-refractivity contribution in [3.05, 3.63) is 256 Å². The Labute approximate surface area is 380 Å². The Kier molecular flexibility index (Phi) is 6.73. The molecule has 302 valence electrons. The molecule has 4 unspecified atom stereocenters. The van der Waals surface area contributed by atoms with E-state index < -0.39 is 8.07 Å². The lowest BCUT2D eigenvalue weighted by atomic mass is 9.54. The molecule has 0 amide bonds. The van der Waals surface area contributed by atoms with Crippen LogP contribution in [0.5, 0.6) is 0 Å². The van der Waals surface area contributed by atoms with Crippen molar-refractivity contribution in [2.75, 3.05) is 0 Å². The van der Waals surface area contributed by atoms with E-state index in [-0.39, 0.29) is 0 Å². The predicted octanol–water partition coefficient (Wildman–Crippen LogP) is 13.4. The molecule has 0 aromatic heterocycles. The van der Waals surface area contributed by atoms with Crippen LogP contribution >= 0.6 is 0 Å². The molecule has 1 fully saturated rings. The average Bonchev–Trinajstić information content (AvgIpc) is 4.00. The molecule has 0 bridgehead atoms. The van der Waals surface area contributed by atoms with Crippen LogP contribution in [0.25, 0.3) is 66.1 Å². The van der Waals surface area contributed by atoms with E-state index in [0.717, 1.165) is 12.8 Å². The van der Waals surface area contributed by atoms with Gasteiger partial charge in [-0.15, -0.1) is 0 Å². The molecule has 0 nitrogen and oxygen atoms in total. The summed E-state index contributed by atoms with van der Waals surface area (Å²) in [6.45, 7) is 0. The molecule has 9 aliphatic carbocycles. The first-order valence-electron chi connectivity index (χ1n) is 23.7. The average molecular weight is 839 g/mol. The van der Waals surface area contributed by atoms with Gasteiger partial charge in [0.2, 0.25) is 0 Å². The largest absolute Gasteiger partial charge is 0.175 e. The van der Waals surface area contributed by atoms with Crippen molar-refractivity contribution in [3.63, 3.8) is 0 Å². The summed E-state index contributed by atoms with van der Waals surface area (Å²) < 4.78 is 0. The highest BCUT2D eigenvalue weighted by molar-refractivity contribution is 7.16. The minimum absolute atomic E-state index is 0.336. The molecular weight excluding hydrogens is 797 g/mol. The Balaban J connectivity index is 0.869. The normalized spacial score (nSPS) is 22.8. The summed E-state index contributed by atoms with van der Waals surface area (Å²) in [6, 6.07) is 54.3. The summed E-state index contributed by atoms with van der Waals surface area (Å²) in [4.78, 5) is 0. The van der Waals surface area contributed by atoms with Crippen molar-refractivity contribution >= 4 is 67.5 Å². The van der Waals surface area contributed by atoms with Crippen molar-refractivity contribution in [3.8, 4) is 22.3 Å². The van der Waals surface area contributed by atoms with Gasteiger partial charge < -0.3 is 0 Å². The molecule has 1 heteroatoms. The van der Waals surface area contributed by atoms with Gasteiger partial charge in [0.15, 0.2) is 8.07 Å². The van der Waals surface area contributed by atoms with Crippen molar-refractivity contribution in [1.82, 2.24) is 0 Å². The third-order valence-electron chi connectivity index (χ3n) is 17.0. The number of fused-ring (bicyclic) bond motifs is 13. The van der Waals surface area contributed by atoms with Crippen LogP contribution in [0.1, 0.15) is 35.1 Å². The maximum Gasteiger partial charge on any atom is 0.175 e. The zero-order valence-electron chi connectivity index (χ0n) is 35.9. The number of hydrogen-bond acceptors (Lipinski definition) is 0. The molecule has 7 aromatic carbocycles. The van der Waals surface area contributed by atoms with E-state index in [1.54, 1.807) is 5.20 Å². The van der Waals surface area contributed by atoms with E-state index in [1.165, 1.54) is 126 Å². The Morgan fingerprint density at radius 2 is 0.862 bits per heavy atom. The fraction of sp³-hybridized carbons (Fsp3) is 0.0938. The molecule has 7 aromatic rings. The van der Waals surface area contributed by atoms with E-state index in [2.05, 4.69) is 206 Å². The molecule has 9 aliphatic rings. The highest BCUT2D eigenvalue weighted by Crippen LogP contribution is 2.67. The number of hydrogen-bond donors (Lipinski definition) is 0.